The first-order chi connectivity index (χ1) is 11.7. The van der Waals surface area contributed by atoms with E-state index < -0.39 is 0 Å². The van der Waals surface area contributed by atoms with Crippen LogP contribution in [0.4, 0.5) is 0 Å². The van der Waals surface area contributed by atoms with Crippen molar-refractivity contribution in [3.05, 3.63) is 30.1 Å². The lowest BCUT2D eigenvalue weighted by molar-refractivity contribution is 0.524. The SMILES string of the molecule is CCCCCCCCCCCn1c(CC(C)C)nc2ccccc21. The topological polar surface area (TPSA) is 17.8 Å². The molecule has 0 amide bonds. The van der Waals surface area contributed by atoms with Crippen LogP contribution in [0.1, 0.15) is 84.4 Å². The third-order valence-corrected chi connectivity index (χ3v) is 4.81. The van der Waals surface area contributed by atoms with Crippen LogP contribution in [-0.2, 0) is 13.0 Å². The number of aromatic nitrogens is 2. The second kappa shape index (κ2) is 10.5. The number of rotatable bonds is 12. The molecule has 0 aliphatic rings. The summed E-state index contributed by atoms with van der Waals surface area (Å²) in [5.74, 6) is 1.93. The number of unbranched alkanes of at least 4 members (excludes halogenated alkanes) is 8. The van der Waals surface area contributed by atoms with Crippen molar-refractivity contribution in [2.24, 2.45) is 5.92 Å². The first-order valence-corrected chi connectivity index (χ1v) is 10.2. The van der Waals surface area contributed by atoms with Crippen molar-refractivity contribution in [3.63, 3.8) is 0 Å². The predicted molar refractivity (Wildman–Crippen MR) is 106 cm³/mol. The zero-order valence-corrected chi connectivity index (χ0v) is 16.1. The Kier molecular flexibility index (Phi) is 8.35. The average Bonchev–Trinajstić information content (AvgIpc) is 2.90. The fourth-order valence-corrected chi connectivity index (χ4v) is 3.48. The standard InChI is InChI=1S/C22H36N2/c1-4-5-6-7-8-9-10-11-14-17-24-21-16-13-12-15-20(21)23-22(24)18-19(2)3/h12-13,15-16,19H,4-11,14,17-18H2,1-3H3. The molecule has 0 radical (unpaired) electrons. The highest BCUT2D eigenvalue weighted by Gasteiger charge is 2.11. The third kappa shape index (κ3) is 5.96. The zero-order valence-electron chi connectivity index (χ0n) is 16.1. The van der Waals surface area contributed by atoms with Gasteiger partial charge in [0.25, 0.3) is 0 Å². The van der Waals surface area contributed by atoms with Crippen LogP contribution >= 0.6 is 0 Å². The van der Waals surface area contributed by atoms with Crippen molar-refractivity contribution in [2.75, 3.05) is 0 Å². The molecular weight excluding hydrogens is 292 g/mol. The lowest BCUT2D eigenvalue weighted by Gasteiger charge is -2.11. The van der Waals surface area contributed by atoms with Crippen molar-refractivity contribution in [1.29, 1.82) is 0 Å². The van der Waals surface area contributed by atoms with Gasteiger partial charge in [-0.2, -0.15) is 0 Å². The van der Waals surface area contributed by atoms with Crippen LogP contribution in [0.25, 0.3) is 11.0 Å². The molecule has 134 valence electrons. The second-order valence-electron chi connectivity index (χ2n) is 7.59. The van der Waals surface area contributed by atoms with E-state index in [1.807, 2.05) is 0 Å². The van der Waals surface area contributed by atoms with Gasteiger partial charge in [0, 0.05) is 13.0 Å². The molecule has 0 saturated heterocycles. The van der Waals surface area contributed by atoms with Crippen LogP contribution in [0.2, 0.25) is 0 Å². The van der Waals surface area contributed by atoms with Gasteiger partial charge in [-0.3, -0.25) is 0 Å². The lowest BCUT2D eigenvalue weighted by Crippen LogP contribution is -2.07. The van der Waals surface area contributed by atoms with Crippen LogP contribution in [-0.4, -0.2) is 9.55 Å². The highest BCUT2D eigenvalue weighted by Crippen LogP contribution is 2.20. The summed E-state index contributed by atoms with van der Waals surface area (Å²) in [4.78, 5) is 4.87. The summed E-state index contributed by atoms with van der Waals surface area (Å²) in [5.41, 5.74) is 2.47. The Hall–Kier alpha value is -1.31. The molecule has 0 saturated carbocycles. The van der Waals surface area contributed by atoms with Crippen molar-refractivity contribution in [2.45, 2.75) is 91.5 Å². The summed E-state index contributed by atoms with van der Waals surface area (Å²) in [7, 11) is 0. The number of benzene rings is 1. The fraction of sp³-hybridized carbons (Fsp3) is 0.682. The Labute approximate surface area is 148 Å². The van der Waals surface area contributed by atoms with Crippen LogP contribution < -0.4 is 0 Å². The maximum absolute atomic E-state index is 4.87. The van der Waals surface area contributed by atoms with E-state index in [0.29, 0.717) is 5.92 Å². The molecule has 0 N–H and O–H groups in total. The Morgan fingerprint density at radius 1 is 0.875 bits per heavy atom. The average molecular weight is 329 g/mol. The van der Waals surface area contributed by atoms with Gasteiger partial charge in [-0.25, -0.2) is 4.98 Å². The zero-order chi connectivity index (χ0) is 17.2. The maximum Gasteiger partial charge on any atom is 0.110 e. The number of para-hydroxylation sites is 2. The molecule has 0 aliphatic heterocycles. The van der Waals surface area contributed by atoms with Gasteiger partial charge in [-0.1, -0.05) is 84.3 Å². The van der Waals surface area contributed by atoms with E-state index in [9.17, 15) is 0 Å². The monoisotopic (exact) mass is 328 g/mol. The van der Waals surface area contributed by atoms with E-state index in [-0.39, 0.29) is 0 Å². The third-order valence-electron chi connectivity index (χ3n) is 4.81. The Morgan fingerprint density at radius 2 is 1.50 bits per heavy atom. The summed E-state index contributed by atoms with van der Waals surface area (Å²) in [5, 5.41) is 0. The molecule has 0 fully saturated rings. The first kappa shape index (κ1) is 19.0. The van der Waals surface area contributed by atoms with Crippen LogP contribution in [0, 0.1) is 5.92 Å². The molecule has 2 heteroatoms. The second-order valence-corrected chi connectivity index (χ2v) is 7.59. The highest BCUT2D eigenvalue weighted by atomic mass is 15.1. The van der Waals surface area contributed by atoms with E-state index in [2.05, 4.69) is 49.6 Å². The fourth-order valence-electron chi connectivity index (χ4n) is 3.48. The molecule has 0 atom stereocenters. The van der Waals surface area contributed by atoms with Gasteiger partial charge in [-0.05, 0) is 24.5 Å². The van der Waals surface area contributed by atoms with Gasteiger partial charge in [-0.15, -0.1) is 0 Å². The van der Waals surface area contributed by atoms with Gasteiger partial charge >= 0.3 is 0 Å². The van der Waals surface area contributed by atoms with E-state index in [4.69, 9.17) is 4.98 Å². The Balaban J connectivity index is 1.79. The molecule has 0 spiro atoms. The van der Waals surface area contributed by atoms with E-state index in [1.165, 1.54) is 69.1 Å². The van der Waals surface area contributed by atoms with E-state index in [1.54, 1.807) is 0 Å². The van der Waals surface area contributed by atoms with Crippen molar-refractivity contribution < 1.29 is 0 Å². The summed E-state index contributed by atoms with van der Waals surface area (Å²) in [6.45, 7) is 7.97. The van der Waals surface area contributed by atoms with Gasteiger partial charge < -0.3 is 4.57 Å². The van der Waals surface area contributed by atoms with Gasteiger partial charge in [0.2, 0.25) is 0 Å². The summed E-state index contributed by atoms with van der Waals surface area (Å²) in [6, 6.07) is 8.60. The van der Waals surface area contributed by atoms with Crippen molar-refractivity contribution in [3.8, 4) is 0 Å². The summed E-state index contributed by atoms with van der Waals surface area (Å²) in [6.07, 6.45) is 13.5. The molecule has 2 aromatic rings. The molecule has 0 aliphatic carbocycles. The summed E-state index contributed by atoms with van der Waals surface area (Å²) >= 11 is 0. The van der Waals surface area contributed by atoms with Crippen LogP contribution in [0.5, 0.6) is 0 Å². The first-order valence-electron chi connectivity index (χ1n) is 10.2. The molecular formula is C22H36N2. The summed E-state index contributed by atoms with van der Waals surface area (Å²) < 4.78 is 2.47. The number of imidazole rings is 1. The number of hydrogen-bond acceptors (Lipinski definition) is 1. The Morgan fingerprint density at radius 3 is 2.17 bits per heavy atom. The van der Waals surface area contributed by atoms with E-state index in [0.717, 1.165) is 18.5 Å². The molecule has 1 aromatic heterocycles. The maximum atomic E-state index is 4.87. The van der Waals surface area contributed by atoms with Crippen molar-refractivity contribution >= 4 is 11.0 Å². The number of aryl methyl sites for hydroxylation is 1. The van der Waals surface area contributed by atoms with E-state index >= 15 is 0 Å². The molecule has 24 heavy (non-hydrogen) atoms. The number of fused-ring (bicyclic) bond motifs is 1. The molecule has 2 nitrogen and oxygen atoms in total. The normalized spacial score (nSPS) is 11.7. The minimum Gasteiger partial charge on any atom is -0.328 e. The van der Waals surface area contributed by atoms with Crippen LogP contribution in [0.3, 0.4) is 0 Å². The molecule has 0 unspecified atom stereocenters. The molecule has 1 heterocycles. The lowest BCUT2D eigenvalue weighted by atomic mass is 10.1. The Bertz CT molecular complexity index is 583. The largest absolute Gasteiger partial charge is 0.328 e. The minimum atomic E-state index is 0.656. The molecule has 0 bridgehead atoms. The number of hydrogen-bond donors (Lipinski definition) is 0. The van der Waals surface area contributed by atoms with Gasteiger partial charge in [0.15, 0.2) is 0 Å². The predicted octanol–water partition coefficient (Wildman–Crippen LogP) is 6.77. The highest BCUT2D eigenvalue weighted by molar-refractivity contribution is 5.75. The van der Waals surface area contributed by atoms with Crippen molar-refractivity contribution in [1.82, 2.24) is 9.55 Å². The number of nitrogens with zero attached hydrogens (tertiary/aromatic N) is 2. The molecule has 2 rings (SSSR count). The molecule has 1 aromatic carbocycles. The van der Waals surface area contributed by atoms with Gasteiger partial charge in [0.1, 0.15) is 5.82 Å². The minimum absolute atomic E-state index is 0.656. The van der Waals surface area contributed by atoms with Gasteiger partial charge in [0.05, 0.1) is 11.0 Å². The quantitative estimate of drug-likeness (QED) is 0.393. The van der Waals surface area contributed by atoms with Crippen LogP contribution in [0.15, 0.2) is 24.3 Å². The smallest absolute Gasteiger partial charge is 0.110 e.